The minimum absolute atomic E-state index is 0.165. The van der Waals surface area contributed by atoms with Crippen molar-refractivity contribution in [2.75, 3.05) is 6.26 Å². The van der Waals surface area contributed by atoms with Crippen LogP contribution < -0.4 is 4.72 Å². The lowest BCUT2D eigenvalue weighted by molar-refractivity contribution is 0.277. The zero-order valence-corrected chi connectivity index (χ0v) is 16.7. The zero-order valence-electron chi connectivity index (χ0n) is 15.1. The molecule has 27 heavy (non-hydrogen) atoms. The standard InChI is InChI=1S/C18H21N5O2S2/c1-27(24,25)21-11-16-22-15-10-20-14-7-9-26-18(14)17(15)23(16)13-4-2-12(3-5-13)6-8-19/h7,9-10,12-13,21H,2-6,11H2,1H3/t12-,13-. The molecule has 7 nitrogen and oxygen atoms in total. The minimum Gasteiger partial charge on any atom is -0.322 e. The molecule has 3 aromatic rings. The van der Waals surface area contributed by atoms with Crippen LogP contribution >= 0.6 is 11.3 Å². The number of sulfonamides is 1. The summed E-state index contributed by atoms with van der Waals surface area (Å²) in [6, 6.07) is 4.54. The number of nitrogens with zero attached hydrogens (tertiary/aromatic N) is 4. The van der Waals surface area contributed by atoms with Gasteiger partial charge in [-0.15, -0.1) is 11.3 Å². The lowest BCUT2D eigenvalue weighted by atomic mass is 9.84. The van der Waals surface area contributed by atoms with Crippen LogP contribution in [0.15, 0.2) is 17.6 Å². The van der Waals surface area contributed by atoms with Gasteiger partial charge in [-0.1, -0.05) is 0 Å². The average molecular weight is 404 g/mol. The summed E-state index contributed by atoms with van der Waals surface area (Å²) in [5, 5.41) is 11.0. The summed E-state index contributed by atoms with van der Waals surface area (Å²) in [6.45, 7) is 0.165. The SMILES string of the molecule is CS(=O)(=O)NCc1nc2cnc3ccsc3c2n1[C@H]1CC[C@H](CC#N)CC1. The van der Waals surface area contributed by atoms with Crippen LogP contribution in [0.25, 0.3) is 21.3 Å². The number of hydrogen-bond donors (Lipinski definition) is 1. The molecule has 0 aliphatic heterocycles. The van der Waals surface area contributed by atoms with Gasteiger partial charge in [0.25, 0.3) is 0 Å². The summed E-state index contributed by atoms with van der Waals surface area (Å²) in [4.78, 5) is 9.18. The van der Waals surface area contributed by atoms with Gasteiger partial charge >= 0.3 is 0 Å². The maximum absolute atomic E-state index is 11.6. The van der Waals surface area contributed by atoms with Gasteiger partial charge in [0.05, 0.1) is 40.8 Å². The molecule has 0 bridgehead atoms. The Morgan fingerprint density at radius 1 is 1.33 bits per heavy atom. The highest BCUT2D eigenvalue weighted by Gasteiger charge is 2.27. The fourth-order valence-corrected chi connectivity index (χ4v) is 5.26. The van der Waals surface area contributed by atoms with E-state index < -0.39 is 10.0 Å². The van der Waals surface area contributed by atoms with E-state index in [2.05, 4.69) is 20.3 Å². The van der Waals surface area contributed by atoms with Gasteiger partial charge < -0.3 is 4.57 Å². The highest BCUT2D eigenvalue weighted by Crippen LogP contribution is 2.38. The molecule has 1 N–H and O–H groups in total. The number of imidazole rings is 1. The van der Waals surface area contributed by atoms with Crippen LogP contribution in [0.2, 0.25) is 0 Å². The van der Waals surface area contributed by atoms with Crippen LogP contribution in [0.1, 0.15) is 44.0 Å². The second kappa shape index (κ2) is 7.19. The Morgan fingerprint density at radius 2 is 2.11 bits per heavy atom. The quantitative estimate of drug-likeness (QED) is 0.704. The molecule has 0 atom stereocenters. The molecule has 0 saturated heterocycles. The summed E-state index contributed by atoms with van der Waals surface area (Å²) in [7, 11) is -3.31. The molecule has 3 heterocycles. The fourth-order valence-electron chi connectivity index (χ4n) is 3.98. The first kappa shape index (κ1) is 18.3. The molecule has 1 fully saturated rings. The number of nitrogens with one attached hydrogen (secondary N) is 1. The number of hydrogen-bond acceptors (Lipinski definition) is 6. The van der Waals surface area contributed by atoms with Crippen molar-refractivity contribution in [1.82, 2.24) is 19.3 Å². The van der Waals surface area contributed by atoms with Gasteiger partial charge in [-0.05, 0) is 43.0 Å². The van der Waals surface area contributed by atoms with Gasteiger partial charge in [-0.3, -0.25) is 4.98 Å². The van der Waals surface area contributed by atoms with Crippen LogP contribution in [-0.2, 0) is 16.6 Å². The Morgan fingerprint density at radius 3 is 2.81 bits per heavy atom. The summed E-state index contributed by atoms with van der Waals surface area (Å²) in [5.74, 6) is 1.18. The molecule has 1 aliphatic carbocycles. The van der Waals surface area contributed by atoms with Crippen molar-refractivity contribution in [2.45, 2.75) is 44.7 Å². The molecule has 1 saturated carbocycles. The molecule has 1 aliphatic rings. The number of nitriles is 1. The second-order valence-electron chi connectivity index (χ2n) is 7.16. The fraction of sp³-hybridized carbons (Fsp3) is 0.500. The molecule has 0 aromatic carbocycles. The Balaban J connectivity index is 1.78. The highest BCUT2D eigenvalue weighted by atomic mass is 32.2. The predicted molar refractivity (Wildman–Crippen MR) is 106 cm³/mol. The van der Waals surface area contributed by atoms with E-state index in [1.54, 1.807) is 17.5 Å². The lowest BCUT2D eigenvalue weighted by Crippen LogP contribution is -2.26. The monoisotopic (exact) mass is 403 g/mol. The van der Waals surface area contributed by atoms with Crippen LogP contribution in [0.3, 0.4) is 0 Å². The molecule has 9 heteroatoms. The summed E-state index contributed by atoms with van der Waals surface area (Å²) in [5.41, 5.74) is 2.79. The number of pyridine rings is 1. The van der Waals surface area contributed by atoms with E-state index in [1.165, 1.54) is 0 Å². The molecule has 0 amide bonds. The third-order valence-electron chi connectivity index (χ3n) is 5.25. The molecule has 142 valence electrons. The second-order valence-corrected chi connectivity index (χ2v) is 9.90. The summed E-state index contributed by atoms with van der Waals surface area (Å²) < 4.78 is 29.1. The molecule has 0 radical (unpaired) electrons. The van der Waals surface area contributed by atoms with Gasteiger partial charge in [-0.25, -0.2) is 18.1 Å². The Labute approximate surface area is 162 Å². The Hall–Kier alpha value is -2.02. The molecule has 4 rings (SSSR count). The first-order chi connectivity index (χ1) is 13.0. The van der Waals surface area contributed by atoms with Crippen LogP contribution in [0.5, 0.6) is 0 Å². The van der Waals surface area contributed by atoms with Gasteiger partial charge in [0.15, 0.2) is 0 Å². The summed E-state index contributed by atoms with van der Waals surface area (Å²) in [6.07, 6.45) is 7.50. The van der Waals surface area contributed by atoms with Crippen molar-refractivity contribution >= 4 is 42.6 Å². The first-order valence-electron chi connectivity index (χ1n) is 9.01. The van der Waals surface area contributed by atoms with Gasteiger partial charge in [0.1, 0.15) is 11.3 Å². The van der Waals surface area contributed by atoms with E-state index in [-0.39, 0.29) is 12.6 Å². The molecule has 0 unspecified atom stereocenters. The van der Waals surface area contributed by atoms with E-state index in [1.807, 2.05) is 11.4 Å². The number of rotatable bonds is 5. The molecule has 0 spiro atoms. The van der Waals surface area contributed by atoms with Crippen LogP contribution in [0.4, 0.5) is 0 Å². The van der Waals surface area contributed by atoms with Crippen LogP contribution in [-0.4, -0.2) is 29.2 Å². The number of thiophene rings is 1. The number of fused-ring (bicyclic) bond motifs is 3. The van der Waals surface area contributed by atoms with E-state index in [0.717, 1.165) is 59.0 Å². The van der Waals surface area contributed by atoms with Gasteiger partial charge in [0, 0.05) is 12.5 Å². The maximum atomic E-state index is 11.6. The smallest absolute Gasteiger partial charge is 0.209 e. The maximum Gasteiger partial charge on any atom is 0.209 e. The topological polar surface area (TPSA) is 101 Å². The van der Waals surface area contributed by atoms with Crippen LogP contribution in [0, 0.1) is 17.2 Å². The van der Waals surface area contributed by atoms with Crippen molar-refractivity contribution in [3.05, 3.63) is 23.5 Å². The lowest BCUT2D eigenvalue weighted by Gasteiger charge is -2.30. The number of aromatic nitrogens is 3. The van der Waals surface area contributed by atoms with E-state index >= 15 is 0 Å². The Kier molecular flexibility index (Phi) is 4.88. The molecule has 3 aromatic heterocycles. The third kappa shape index (κ3) is 3.70. The van der Waals surface area contributed by atoms with Crippen molar-refractivity contribution < 1.29 is 8.42 Å². The normalized spacial score (nSPS) is 20.9. The van der Waals surface area contributed by atoms with Gasteiger partial charge in [0.2, 0.25) is 10.0 Å². The first-order valence-corrected chi connectivity index (χ1v) is 11.8. The Bertz CT molecular complexity index is 1120. The zero-order chi connectivity index (χ0) is 19.0. The van der Waals surface area contributed by atoms with Crippen molar-refractivity contribution in [1.29, 1.82) is 5.26 Å². The third-order valence-corrected chi connectivity index (χ3v) is 6.83. The predicted octanol–water partition coefficient (Wildman–Crippen LogP) is 3.34. The van der Waals surface area contributed by atoms with Crippen molar-refractivity contribution in [2.24, 2.45) is 5.92 Å². The minimum atomic E-state index is -3.31. The van der Waals surface area contributed by atoms with E-state index in [0.29, 0.717) is 12.3 Å². The summed E-state index contributed by atoms with van der Waals surface area (Å²) >= 11 is 1.64. The van der Waals surface area contributed by atoms with E-state index in [9.17, 15) is 8.42 Å². The van der Waals surface area contributed by atoms with Gasteiger partial charge in [-0.2, -0.15) is 5.26 Å². The van der Waals surface area contributed by atoms with E-state index in [4.69, 9.17) is 10.2 Å². The van der Waals surface area contributed by atoms with Crippen molar-refractivity contribution in [3.63, 3.8) is 0 Å². The molecular weight excluding hydrogens is 382 g/mol. The molecular formula is C18H21N5O2S2. The average Bonchev–Trinajstić information content (AvgIpc) is 3.24. The van der Waals surface area contributed by atoms with Crippen molar-refractivity contribution in [3.8, 4) is 6.07 Å². The largest absolute Gasteiger partial charge is 0.322 e. The highest BCUT2D eigenvalue weighted by molar-refractivity contribution is 7.88.